The minimum absolute atomic E-state index is 0.0735. The van der Waals surface area contributed by atoms with Crippen LogP contribution in [0.15, 0.2) is 6.07 Å². The van der Waals surface area contributed by atoms with E-state index in [1.165, 1.54) is 20.3 Å². The molecule has 0 aromatic heterocycles. The molecule has 2 N–H and O–H groups in total. The Hall–Kier alpha value is -1.53. The summed E-state index contributed by atoms with van der Waals surface area (Å²) in [4.78, 5) is 11.0. The molecule has 2 rings (SSSR count). The molecule has 2 atom stereocenters. The smallest absolute Gasteiger partial charge is 0.307 e. The van der Waals surface area contributed by atoms with Crippen molar-refractivity contribution in [1.82, 2.24) is 5.32 Å². The zero-order valence-corrected chi connectivity index (χ0v) is 11.8. The zero-order valence-electron chi connectivity index (χ0n) is 11.1. The summed E-state index contributed by atoms with van der Waals surface area (Å²) in [6, 6.07) is 1.18. The molecule has 0 bridgehead atoms. The number of methoxy groups -OCH3 is 2. The average molecular weight is 304 g/mol. The highest BCUT2D eigenvalue weighted by Gasteiger charge is 2.33. The monoisotopic (exact) mass is 303 g/mol. The van der Waals surface area contributed by atoms with Crippen molar-refractivity contribution in [1.29, 1.82) is 0 Å². The van der Waals surface area contributed by atoms with Crippen LogP contribution in [-0.2, 0) is 4.79 Å². The number of carboxylic acids is 1. The number of carbonyl (C=O) groups is 1. The van der Waals surface area contributed by atoms with Gasteiger partial charge in [0.15, 0.2) is 17.3 Å². The van der Waals surface area contributed by atoms with Gasteiger partial charge >= 0.3 is 5.97 Å². The van der Waals surface area contributed by atoms with Crippen LogP contribution in [0.2, 0.25) is 5.02 Å². The van der Waals surface area contributed by atoms with Gasteiger partial charge in [-0.1, -0.05) is 11.6 Å². The van der Waals surface area contributed by atoms with Crippen molar-refractivity contribution < 1.29 is 23.8 Å². The number of carboxylic acid groups (broad SMARTS) is 1. The molecule has 7 heteroatoms. The molecule has 0 spiro atoms. The molecule has 1 aliphatic rings. The molecule has 5 nitrogen and oxygen atoms in total. The van der Waals surface area contributed by atoms with E-state index in [1.807, 2.05) is 0 Å². The molecule has 110 valence electrons. The van der Waals surface area contributed by atoms with Gasteiger partial charge in [-0.2, -0.15) is 0 Å². The number of nitrogens with one attached hydrogen (secondary N) is 1. The second kappa shape index (κ2) is 5.85. The maximum atomic E-state index is 13.9. The van der Waals surface area contributed by atoms with Gasteiger partial charge in [0, 0.05) is 18.2 Å². The fourth-order valence-electron chi connectivity index (χ4n) is 2.42. The third kappa shape index (κ3) is 2.53. The van der Waals surface area contributed by atoms with E-state index in [2.05, 4.69) is 5.32 Å². The van der Waals surface area contributed by atoms with Crippen LogP contribution in [0.25, 0.3) is 0 Å². The van der Waals surface area contributed by atoms with Crippen LogP contribution in [0, 0.1) is 11.7 Å². The molecule has 1 aromatic carbocycles. The molecule has 1 saturated heterocycles. The van der Waals surface area contributed by atoms with Crippen LogP contribution in [0.3, 0.4) is 0 Å². The first-order valence-electron chi connectivity index (χ1n) is 6.05. The van der Waals surface area contributed by atoms with Crippen molar-refractivity contribution in [2.24, 2.45) is 5.92 Å². The van der Waals surface area contributed by atoms with Gasteiger partial charge in [0.25, 0.3) is 0 Å². The Bertz CT molecular complexity index is 538. The second-order valence-electron chi connectivity index (χ2n) is 4.56. The van der Waals surface area contributed by atoms with Gasteiger partial charge in [-0.25, -0.2) is 4.39 Å². The SMILES string of the molecule is COc1c(C2CC(C(=O)O)CN2)cc(Cl)c(F)c1OC. The van der Waals surface area contributed by atoms with Crippen LogP contribution in [0.5, 0.6) is 11.5 Å². The van der Waals surface area contributed by atoms with Gasteiger partial charge in [0.1, 0.15) is 0 Å². The first kappa shape index (κ1) is 14.9. The predicted octanol–water partition coefficient (Wildman–Crippen LogP) is 2.23. The predicted molar refractivity (Wildman–Crippen MR) is 71.0 cm³/mol. The first-order valence-corrected chi connectivity index (χ1v) is 6.43. The minimum atomic E-state index is -0.862. The van der Waals surface area contributed by atoms with E-state index >= 15 is 0 Å². The summed E-state index contributed by atoms with van der Waals surface area (Å²) >= 11 is 5.85. The van der Waals surface area contributed by atoms with Crippen LogP contribution < -0.4 is 14.8 Å². The molecule has 0 amide bonds. The number of benzene rings is 1. The van der Waals surface area contributed by atoms with E-state index in [0.717, 1.165) is 0 Å². The molecule has 20 heavy (non-hydrogen) atoms. The lowest BCUT2D eigenvalue weighted by molar-refractivity contribution is -0.141. The third-order valence-corrected chi connectivity index (χ3v) is 3.70. The number of hydrogen-bond acceptors (Lipinski definition) is 4. The van der Waals surface area contributed by atoms with Gasteiger partial charge in [-0.05, 0) is 12.5 Å². The molecule has 1 heterocycles. The topological polar surface area (TPSA) is 67.8 Å². The van der Waals surface area contributed by atoms with Crippen LogP contribution in [0.1, 0.15) is 18.0 Å². The van der Waals surface area contributed by atoms with E-state index in [4.69, 9.17) is 26.2 Å². The lowest BCUT2D eigenvalue weighted by Gasteiger charge is -2.18. The fourth-order valence-corrected chi connectivity index (χ4v) is 2.62. The highest BCUT2D eigenvalue weighted by molar-refractivity contribution is 6.31. The Morgan fingerprint density at radius 3 is 2.60 bits per heavy atom. The summed E-state index contributed by atoms with van der Waals surface area (Å²) in [5.41, 5.74) is 0.597. The van der Waals surface area contributed by atoms with E-state index in [0.29, 0.717) is 18.5 Å². The highest BCUT2D eigenvalue weighted by atomic mass is 35.5. The Morgan fingerprint density at radius 2 is 2.10 bits per heavy atom. The van der Waals surface area contributed by atoms with E-state index < -0.39 is 17.7 Å². The lowest BCUT2D eigenvalue weighted by Crippen LogP contribution is -2.17. The number of aliphatic carboxylic acids is 1. The minimum Gasteiger partial charge on any atom is -0.492 e. The van der Waals surface area contributed by atoms with E-state index in [9.17, 15) is 9.18 Å². The zero-order chi connectivity index (χ0) is 14.9. The van der Waals surface area contributed by atoms with Gasteiger partial charge in [0.2, 0.25) is 0 Å². The fraction of sp³-hybridized carbons (Fsp3) is 0.462. The Kier molecular flexibility index (Phi) is 4.35. The van der Waals surface area contributed by atoms with Gasteiger partial charge < -0.3 is 19.9 Å². The molecule has 0 radical (unpaired) electrons. The normalized spacial score (nSPS) is 21.8. The van der Waals surface area contributed by atoms with Crippen molar-refractivity contribution in [3.05, 3.63) is 22.5 Å². The molecule has 0 aliphatic carbocycles. The third-order valence-electron chi connectivity index (χ3n) is 3.42. The summed E-state index contributed by atoms with van der Waals surface area (Å²) in [6.45, 7) is 0.348. The van der Waals surface area contributed by atoms with Crippen LogP contribution in [-0.4, -0.2) is 31.8 Å². The Labute approximate surface area is 120 Å². The standard InChI is InChI=1S/C13H15ClFNO4/c1-19-11-7(4-8(14)10(15)12(11)20-2)9-3-6(5-16-9)13(17)18/h4,6,9,16H,3,5H2,1-2H3,(H,17,18). The second-order valence-corrected chi connectivity index (χ2v) is 4.97. The molecule has 1 aromatic rings. The van der Waals surface area contributed by atoms with Gasteiger partial charge in [-0.15, -0.1) is 0 Å². The average Bonchev–Trinajstić information content (AvgIpc) is 2.90. The largest absolute Gasteiger partial charge is 0.492 e. The molecular weight excluding hydrogens is 289 g/mol. The number of halogens is 2. The molecule has 0 saturated carbocycles. The summed E-state index contributed by atoms with van der Waals surface area (Å²) in [6.07, 6.45) is 0.386. The lowest BCUT2D eigenvalue weighted by atomic mass is 9.99. The summed E-state index contributed by atoms with van der Waals surface area (Å²) in [5.74, 6) is -1.88. The number of ether oxygens (including phenoxy) is 2. The summed E-state index contributed by atoms with van der Waals surface area (Å²) < 4.78 is 24.1. The van der Waals surface area contributed by atoms with Gasteiger partial charge in [-0.3, -0.25) is 4.79 Å². The molecular formula is C13H15ClFNO4. The molecule has 2 unspecified atom stereocenters. The Morgan fingerprint density at radius 1 is 1.45 bits per heavy atom. The maximum Gasteiger partial charge on any atom is 0.307 e. The quantitative estimate of drug-likeness (QED) is 0.893. The molecule has 1 fully saturated rings. The van der Waals surface area contributed by atoms with E-state index in [1.54, 1.807) is 0 Å². The Balaban J connectivity index is 2.42. The summed E-state index contributed by atoms with van der Waals surface area (Å²) in [5, 5.41) is 12.0. The maximum absolute atomic E-state index is 13.9. The van der Waals surface area contributed by atoms with Crippen molar-refractivity contribution in [3.8, 4) is 11.5 Å². The van der Waals surface area contributed by atoms with Crippen molar-refractivity contribution in [2.75, 3.05) is 20.8 Å². The van der Waals surface area contributed by atoms with Crippen molar-refractivity contribution >= 4 is 17.6 Å². The first-order chi connectivity index (χ1) is 9.49. The molecule has 1 aliphatic heterocycles. The van der Waals surface area contributed by atoms with E-state index in [-0.39, 0.29) is 22.6 Å². The van der Waals surface area contributed by atoms with Crippen LogP contribution in [0.4, 0.5) is 4.39 Å². The highest BCUT2D eigenvalue weighted by Crippen LogP contribution is 2.43. The van der Waals surface area contributed by atoms with Crippen molar-refractivity contribution in [2.45, 2.75) is 12.5 Å². The van der Waals surface area contributed by atoms with Gasteiger partial charge in [0.05, 0.1) is 25.2 Å². The number of hydrogen-bond donors (Lipinski definition) is 2. The van der Waals surface area contributed by atoms with Crippen LogP contribution >= 0.6 is 11.6 Å². The van der Waals surface area contributed by atoms with Crippen molar-refractivity contribution in [3.63, 3.8) is 0 Å². The summed E-state index contributed by atoms with van der Waals surface area (Å²) in [7, 11) is 2.72. The number of rotatable bonds is 4.